The molecule has 0 aliphatic rings. The highest BCUT2D eigenvalue weighted by atomic mass is 16.6. The van der Waals surface area contributed by atoms with Crippen LogP contribution in [0.25, 0.3) is 10.8 Å². The number of nitrogens with zero attached hydrogens (tertiary/aromatic N) is 3. The number of carbonyl (C=O) groups excluding carboxylic acids is 1. The van der Waals surface area contributed by atoms with Crippen LogP contribution < -0.4 is 0 Å². The number of nitro benzene ring substituents is 1. The molecule has 0 atom stereocenters. The van der Waals surface area contributed by atoms with Gasteiger partial charge in [-0.3, -0.25) is 24.7 Å². The third kappa shape index (κ3) is 2.78. The molecule has 108 valence electrons. The quantitative estimate of drug-likeness (QED) is 0.670. The summed E-state index contributed by atoms with van der Waals surface area (Å²) >= 11 is 0. The number of hydrogen-bond donors (Lipinski definition) is 1. The van der Waals surface area contributed by atoms with Crippen molar-refractivity contribution in [3.63, 3.8) is 0 Å². The second-order valence-corrected chi connectivity index (χ2v) is 4.34. The fraction of sp³-hybridized carbons (Fsp3) is 0.154. The van der Waals surface area contributed by atoms with Crippen LogP contribution in [0.3, 0.4) is 0 Å². The topological polar surface area (TPSA) is 114 Å². The second-order valence-electron chi connectivity index (χ2n) is 4.34. The van der Waals surface area contributed by atoms with Crippen LogP contribution in [0.15, 0.2) is 30.5 Å². The molecule has 0 bridgehead atoms. The largest absolute Gasteiger partial charge is 0.480 e. The first-order valence-electron chi connectivity index (χ1n) is 5.91. The molecule has 1 N–H and O–H groups in total. The van der Waals surface area contributed by atoms with Crippen LogP contribution in [0.4, 0.5) is 5.69 Å². The van der Waals surface area contributed by atoms with Gasteiger partial charge in [-0.25, -0.2) is 0 Å². The first-order chi connectivity index (χ1) is 9.91. The normalized spacial score (nSPS) is 10.3. The predicted octanol–water partition coefficient (Wildman–Crippen LogP) is 1.30. The van der Waals surface area contributed by atoms with Crippen LogP contribution in [0.2, 0.25) is 0 Å². The molecule has 0 aliphatic heterocycles. The highest BCUT2D eigenvalue weighted by molar-refractivity contribution is 6.07. The molecule has 8 nitrogen and oxygen atoms in total. The maximum atomic E-state index is 12.2. The number of carbonyl (C=O) groups is 2. The van der Waals surface area contributed by atoms with Gasteiger partial charge in [-0.1, -0.05) is 12.1 Å². The van der Waals surface area contributed by atoms with Gasteiger partial charge >= 0.3 is 5.97 Å². The van der Waals surface area contributed by atoms with Crippen molar-refractivity contribution in [2.45, 2.75) is 0 Å². The summed E-state index contributed by atoms with van der Waals surface area (Å²) in [5, 5.41) is 20.3. The van der Waals surface area contributed by atoms with E-state index in [0.717, 1.165) is 4.90 Å². The average Bonchev–Trinajstić information content (AvgIpc) is 2.44. The molecule has 0 fully saturated rings. The van der Waals surface area contributed by atoms with E-state index in [0.29, 0.717) is 5.39 Å². The SMILES string of the molecule is CN(CC(=O)O)C(=O)c1nccc2c([N+](=O)[O-])cccc12. The van der Waals surface area contributed by atoms with Gasteiger partial charge in [0.15, 0.2) is 0 Å². The van der Waals surface area contributed by atoms with Crippen LogP contribution in [0.5, 0.6) is 0 Å². The lowest BCUT2D eigenvalue weighted by Gasteiger charge is -2.15. The lowest BCUT2D eigenvalue weighted by atomic mass is 10.1. The lowest BCUT2D eigenvalue weighted by Crippen LogP contribution is -2.32. The molecule has 1 aromatic carbocycles. The van der Waals surface area contributed by atoms with E-state index in [2.05, 4.69) is 4.98 Å². The highest BCUT2D eigenvalue weighted by Crippen LogP contribution is 2.27. The van der Waals surface area contributed by atoms with Gasteiger partial charge in [0.2, 0.25) is 0 Å². The summed E-state index contributed by atoms with van der Waals surface area (Å²) in [6.07, 6.45) is 1.29. The molecule has 1 amide bonds. The van der Waals surface area contributed by atoms with E-state index in [1.54, 1.807) is 0 Å². The first-order valence-corrected chi connectivity index (χ1v) is 5.91. The fourth-order valence-electron chi connectivity index (χ4n) is 1.98. The Morgan fingerprint density at radius 2 is 2.05 bits per heavy atom. The zero-order valence-corrected chi connectivity index (χ0v) is 11.0. The summed E-state index contributed by atoms with van der Waals surface area (Å²) in [6.45, 7) is -0.480. The molecule has 0 unspecified atom stereocenters. The van der Waals surface area contributed by atoms with Crippen LogP contribution >= 0.6 is 0 Å². The third-order valence-corrected chi connectivity index (χ3v) is 2.90. The molecular weight excluding hydrogens is 278 g/mol. The summed E-state index contributed by atoms with van der Waals surface area (Å²) in [5.41, 5.74) is -0.148. The molecule has 8 heteroatoms. The lowest BCUT2D eigenvalue weighted by molar-refractivity contribution is -0.383. The summed E-state index contributed by atoms with van der Waals surface area (Å²) in [4.78, 5) is 38.2. The Kier molecular flexibility index (Phi) is 3.79. The Morgan fingerprint density at radius 1 is 1.33 bits per heavy atom. The molecule has 0 spiro atoms. The maximum Gasteiger partial charge on any atom is 0.323 e. The van der Waals surface area contributed by atoms with Crippen molar-refractivity contribution in [3.8, 4) is 0 Å². The number of pyridine rings is 1. The van der Waals surface area contributed by atoms with E-state index in [9.17, 15) is 19.7 Å². The standard InChI is InChI=1S/C13H11N3O5/c1-15(7-11(17)18)13(19)12-9-3-2-4-10(16(20)21)8(9)5-6-14-12/h2-6H,7H2,1H3,(H,17,18). The van der Waals surface area contributed by atoms with Crippen molar-refractivity contribution in [3.05, 3.63) is 46.3 Å². The van der Waals surface area contributed by atoms with E-state index in [1.807, 2.05) is 0 Å². The molecular formula is C13H11N3O5. The number of likely N-dealkylation sites (N-methyl/N-ethyl adjacent to an activating group) is 1. The van der Waals surface area contributed by atoms with Gasteiger partial charge < -0.3 is 10.0 Å². The number of fused-ring (bicyclic) bond motifs is 1. The van der Waals surface area contributed by atoms with Crippen molar-refractivity contribution in [2.75, 3.05) is 13.6 Å². The average molecular weight is 289 g/mol. The summed E-state index contributed by atoms with van der Waals surface area (Å²) in [6, 6.07) is 5.77. The Balaban J connectivity index is 2.55. The predicted molar refractivity (Wildman–Crippen MR) is 73.0 cm³/mol. The van der Waals surface area contributed by atoms with Crippen LogP contribution in [0.1, 0.15) is 10.5 Å². The number of non-ortho nitro benzene ring substituents is 1. The van der Waals surface area contributed by atoms with Crippen molar-refractivity contribution >= 4 is 28.3 Å². The molecule has 21 heavy (non-hydrogen) atoms. The van der Waals surface area contributed by atoms with Crippen molar-refractivity contribution in [2.24, 2.45) is 0 Å². The number of carboxylic acid groups (broad SMARTS) is 1. The van der Waals surface area contributed by atoms with E-state index in [-0.39, 0.29) is 16.8 Å². The van der Waals surface area contributed by atoms with E-state index < -0.39 is 23.3 Å². The molecule has 0 aliphatic carbocycles. The number of hydrogen-bond acceptors (Lipinski definition) is 5. The zero-order chi connectivity index (χ0) is 15.6. The fourth-order valence-corrected chi connectivity index (χ4v) is 1.98. The minimum atomic E-state index is -1.16. The van der Waals surface area contributed by atoms with Crippen molar-refractivity contribution < 1.29 is 19.6 Å². The summed E-state index contributed by atoms with van der Waals surface area (Å²) in [5.74, 6) is -1.76. The maximum absolute atomic E-state index is 12.2. The number of rotatable bonds is 4. The second kappa shape index (κ2) is 5.53. The molecule has 2 aromatic rings. The number of aliphatic carboxylic acids is 1. The van der Waals surface area contributed by atoms with Gasteiger partial charge in [-0.2, -0.15) is 0 Å². The molecule has 0 saturated carbocycles. The van der Waals surface area contributed by atoms with Crippen LogP contribution in [-0.2, 0) is 4.79 Å². The first kappa shape index (κ1) is 14.4. The van der Waals surface area contributed by atoms with E-state index in [1.165, 1.54) is 37.5 Å². The smallest absolute Gasteiger partial charge is 0.323 e. The highest BCUT2D eigenvalue weighted by Gasteiger charge is 2.21. The van der Waals surface area contributed by atoms with Crippen molar-refractivity contribution in [1.82, 2.24) is 9.88 Å². The number of carboxylic acids is 1. The Labute approximate surface area is 118 Å². The van der Waals surface area contributed by atoms with Gasteiger partial charge in [0.25, 0.3) is 11.6 Å². The van der Waals surface area contributed by atoms with Crippen molar-refractivity contribution in [1.29, 1.82) is 0 Å². The third-order valence-electron chi connectivity index (χ3n) is 2.90. The Hall–Kier alpha value is -3.03. The molecule has 1 heterocycles. The van der Waals surface area contributed by atoms with Gasteiger partial charge in [0.1, 0.15) is 12.2 Å². The monoisotopic (exact) mass is 289 g/mol. The van der Waals surface area contributed by atoms with E-state index in [4.69, 9.17) is 5.11 Å². The van der Waals surface area contributed by atoms with E-state index >= 15 is 0 Å². The summed E-state index contributed by atoms with van der Waals surface area (Å²) < 4.78 is 0. The summed E-state index contributed by atoms with van der Waals surface area (Å²) in [7, 11) is 1.33. The number of amides is 1. The van der Waals surface area contributed by atoms with Gasteiger partial charge in [0.05, 0.1) is 10.3 Å². The van der Waals surface area contributed by atoms with Gasteiger partial charge in [-0.05, 0) is 6.07 Å². The van der Waals surface area contributed by atoms with Gasteiger partial charge in [-0.15, -0.1) is 0 Å². The van der Waals surface area contributed by atoms with Crippen LogP contribution in [-0.4, -0.2) is 45.4 Å². The minimum absolute atomic E-state index is 0.0139. The molecule has 0 radical (unpaired) electrons. The van der Waals surface area contributed by atoms with Crippen LogP contribution in [0, 0.1) is 10.1 Å². The number of aromatic nitrogens is 1. The molecule has 2 rings (SSSR count). The Bertz CT molecular complexity index is 744. The van der Waals surface area contributed by atoms with Gasteiger partial charge in [0, 0.05) is 24.7 Å². The number of nitro groups is 1. The molecule has 1 aromatic heterocycles. The zero-order valence-electron chi connectivity index (χ0n) is 11.0. The minimum Gasteiger partial charge on any atom is -0.480 e. The Morgan fingerprint density at radius 3 is 2.67 bits per heavy atom. The molecule has 0 saturated heterocycles. The number of benzene rings is 1.